The fourth-order valence-corrected chi connectivity index (χ4v) is 4.26. The Morgan fingerprint density at radius 3 is 2.56 bits per heavy atom. The Kier molecular flexibility index (Phi) is 3.14. The van der Waals surface area contributed by atoms with Crippen molar-refractivity contribution in [2.45, 2.75) is 29.2 Å². The summed E-state index contributed by atoms with van der Waals surface area (Å²) in [6.45, 7) is 0.138. The highest BCUT2D eigenvalue weighted by atomic mass is 32.2. The Balaban J connectivity index is 2.58. The van der Waals surface area contributed by atoms with Gasteiger partial charge in [-0.2, -0.15) is 13.2 Å². The van der Waals surface area contributed by atoms with Gasteiger partial charge in [0.1, 0.15) is 0 Å². The predicted molar refractivity (Wildman–Crippen MR) is 59.8 cm³/mol. The number of hydrogen-bond acceptors (Lipinski definition) is 3. The lowest BCUT2D eigenvalue weighted by Crippen LogP contribution is -2.20. The summed E-state index contributed by atoms with van der Waals surface area (Å²) in [5.41, 5.74) is 4.32. The number of rotatable bonds is 2. The third-order valence-electron chi connectivity index (χ3n) is 3.10. The quantitative estimate of drug-likeness (QED) is 0.897. The molecule has 18 heavy (non-hydrogen) atoms. The molecule has 0 bridgehead atoms. The minimum Gasteiger partial charge on any atom is -0.330 e. The first kappa shape index (κ1) is 13.4. The van der Waals surface area contributed by atoms with Crippen LogP contribution in [0, 0.1) is 0 Å². The molecule has 0 amide bonds. The van der Waals surface area contributed by atoms with Crippen LogP contribution in [0.4, 0.5) is 13.2 Å². The smallest absolute Gasteiger partial charge is 0.330 e. The highest BCUT2D eigenvalue weighted by Crippen LogP contribution is 2.41. The summed E-state index contributed by atoms with van der Waals surface area (Å²) in [7, 11) is -3.67. The molecule has 1 aromatic rings. The van der Waals surface area contributed by atoms with E-state index in [0.29, 0.717) is 0 Å². The van der Waals surface area contributed by atoms with Crippen molar-refractivity contribution in [3.8, 4) is 0 Å². The van der Waals surface area contributed by atoms with Crippen molar-refractivity contribution >= 4 is 9.84 Å². The second kappa shape index (κ2) is 4.24. The van der Waals surface area contributed by atoms with Gasteiger partial charge in [0.15, 0.2) is 9.84 Å². The summed E-state index contributed by atoms with van der Waals surface area (Å²) in [5, 5.41) is -0.832. The van der Waals surface area contributed by atoms with Crippen LogP contribution < -0.4 is 5.73 Å². The van der Waals surface area contributed by atoms with E-state index in [2.05, 4.69) is 0 Å². The summed E-state index contributed by atoms with van der Waals surface area (Å²) in [5.74, 6) is 0. The maximum atomic E-state index is 12.8. The lowest BCUT2D eigenvalue weighted by molar-refractivity contribution is -0.138. The number of nitrogens with two attached hydrogens (primary N) is 1. The van der Waals surface area contributed by atoms with Gasteiger partial charge in [-0.15, -0.1) is 0 Å². The minimum atomic E-state index is -4.53. The van der Waals surface area contributed by atoms with Crippen LogP contribution >= 0.6 is 0 Å². The average molecular weight is 279 g/mol. The second-order valence-corrected chi connectivity index (χ2v) is 6.43. The molecule has 0 aliphatic carbocycles. The van der Waals surface area contributed by atoms with Crippen LogP contribution in [0.3, 0.4) is 0 Å². The zero-order chi connectivity index (χ0) is 13.6. The van der Waals surface area contributed by atoms with Crippen molar-refractivity contribution < 1.29 is 21.6 Å². The Labute approximate surface area is 103 Å². The molecule has 0 saturated carbocycles. The Morgan fingerprint density at radius 2 is 2.00 bits per heavy atom. The van der Waals surface area contributed by atoms with Gasteiger partial charge in [-0.3, -0.25) is 0 Å². The van der Waals surface area contributed by atoms with Crippen LogP contribution in [-0.2, 0) is 22.4 Å². The van der Waals surface area contributed by atoms with Crippen molar-refractivity contribution in [2.24, 2.45) is 5.73 Å². The normalized spacial score (nSPS) is 21.9. The summed E-state index contributed by atoms with van der Waals surface area (Å²) in [4.78, 5) is -0.198. The fraction of sp³-hybridized carbons (Fsp3) is 0.455. The molecule has 0 radical (unpaired) electrons. The van der Waals surface area contributed by atoms with Gasteiger partial charge >= 0.3 is 6.18 Å². The zero-order valence-electron chi connectivity index (χ0n) is 9.37. The molecule has 3 nitrogen and oxygen atoms in total. The van der Waals surface area contributed by atoms with E-state index in [1.54, 1.807) is 0 Å². The molecule has 1 unspecified atom stereocenters. The van der Waals surface area contributed by atoms with Gasteiger partial charge in [0.2, 0.25) is 0 Å². The van der Waals surface area contributed by atoms with Gasteiger partial charge in [-0.1, -0.05) is 6.07 Å². The SMILES string of the molecule is NCCC1Cc2c(C(F)(F)F)cccc2S1(=O)=O. The number of alkyl halides is 3. The molecule has 1 aromatic carbocycles. The highest BCUT2D eigenvalue weighted by molar-refractivity contribution is 7.92. The van der Waals surface area contributed by atoms with Gasteiger partial charge in [0.05, 0.1) is 15.7 Å². The molecule has 0 fully saturated rings. The number of hydrogen-bond donors (Lipinski definition) is 1. The Bertz CT molecular complexity index is 566. The first-order chi connectivity index (χ1) is 8.28. The van der Waals surface area contributed by atoms with Crippen LogP contribution in [0.15, 0.2) is 23.1 Å². The van der Waals surface area contributed by atoms with Crippen molar-refractivity contribution in [1.29, 1.82) is 0 Å². The minimum absolute atomic E-state index is 0.107. The molecular formula is C11H12F3NO2S. The molecule has 100 valence electrons. The largest absolute Gasteiger partial charge is 0.416 e. The van der Waals surface area contributed by atoms with Crippen molar-refractivity contribution in [2.75, 3.05) is 6.54 Å². The predicted octanol–water partition coefficient (Wildman–Crippen LogP) is 1.75. The third-order valence-corrected chi connectivity index (χ3v) is 5.38. The van der Waals surface area contributed by atoms with E-state index in [1.165, 1.54) is 6.07 Å². The summed E-state index contributed by atoms with van der Waals surface area (Å²) in [6.07, 6.45) is -4.46. The molecule has 1 aliphatic heterocycles. The Morgan fingerprint density at radius 1 is 1.33 bits per heavy atom. The van der Waals surface area contributed by atoms with Crippen LogP contribution in [0.2, 0.25) is 0 Å². The molecule has 0 saturated heterocycles. The van der Waals surface area contributed by atoms with Crippen LogP contribution in [0.5, 0.6) is 0 Å². The van der Waals surface area contributed by atoms with E-state index in [0.717, 1.165) is 12.1 Å². The number of halogens is 3. The number of fused-ring (bicyclic) bond motifs is 1. The number of benzene rings is 1. The van der Waals surface area contributed by atoms with Gasteiger partial charge < -0.3 is 5.73 Å². The monoisotopic (exact) mass is 279 g/mol. The average Bonchev–Trinajstić information content (AvgIpc) is 2.50. The van der Waals surface area contributed by atoms with Gasteiger partial charge in [-0.25, -0.2) is 8.42 Å². The lowest BCUT2D eigenvalue weighted by Gasteiger charge is -2.10. The molecule has 1 heterocycles. The van der Waals surface area contributed by atoms with Gasteiger partial charge in [0.25, 0.3) is 0 Å². The molecule has 0 aromatic heterocycles. The molecule has 1 atom stereocenters. The Hall–Kier alpha value is -1.08. The summed E-state index contributed by atoms with van der Waals surface area (Å²) < 4.78 is 62.4. The standard InChI is InChI=1S/C11H12F3NO2S/c12-11(13,14)9-2-1-3-10-8(9)6-7(4-5-15)18(10,16)17/h1-3,7H,4-6,15H2. The van der Waals surface area contributed by atoms with E-state index >= 15 is 0 Å². The molecule has 2 N–H and O–H groups in total. The van der Waals surface area contributed by atoms with Crippen LogP contribution in [0.1, 0.15) is 17.5 Å². The first-order valence-electron chi connectivity index (χ1n) is 5.41. The molecule has 1 aliphatic rings. The third kappa shape index (κ3) is 2.01. The van der Waals surface area contributed by atoms with E-state index in [-0.39, 0.29) is 29.8 Å². The van der Waals surface area contributed by atoms with Crippen LogP contribution in [-0.4, -0.2) is 20.2 Å². The topological polar surface area (TPSA) is 60.2 Å². The maximum absolute atomic E-state index is 12.8. The van der Waals surface area contributed by atoms with E-state index < -0.39 is 26.8 Å². The van der Waals surface area contributed by atoms with Crippen LogP contribution in [0.25, 0.3) is 0 Å². The van der Waals surface area contributed by atoms with Gasteiger partial charge in [0, 0.05) is 0 Å². The molecule has 7 heteroatoms. The van der Waals surface area contributed by atoms with E-state index in [9.17, 15) is 21.6 Å². The maximum Gasteiger partial charge on any atom is 0.416 e. The summed E-state index contributed by atoms with van der Waals surface area (Å²) >= 11 is 0. The highest BCUT2D eigenvalue weighted by Gasteiger charge is 2.43. The fourth-order valence-electron chi connectivity index (χ4n) is 2.27. The molecule has 2 rings (SSSR count). The lowest BCUT2D eigenvalue weighted by atomic mass is 10.0. The molecule has 0 spiro atoms. The van der Waals surface area contributed by atoms with Crippen molar-refractivity contribution in [1.82, 2.24) is 0 Å². The molecular weight excluding hydrogens is 267 g/mol. The number of sulfone groups is 1. The van der Waals surface area contributed by atoms with E-state index in [1.807, 2.05) is 0 Å². The first-order valence-corrected chi connectivity index (χ1v) is 6.96. The second-order valence-electron chi connectivity index (χ2n) is 4.23. The zero-order valence-corrected chi connectivity index (χ0v) is 10.2. The summed E-state index contributed by atoms with van der Waals surface area (Å²) in [6, 6.07) is 3.28. The van der Waals surface area contributed by atoms with E-state index in [4.69, 9.17) is 5.73 Å². The van der Waals surface area contributed by atoms with Crippen molar-refractivity contribution in [3.63, 3.8) is 0 Å². The van der Waals surface area contributed by atoms with Gasteiger partial charge in [-0.05, 0) is 37.1 Å². The van der Waals surface area contributed by atoms with Crippen molar-refractivity contribution in [3.05, 3.63) is 29.3 Å².